The molecular weight excluding hydrogens is 454 g/mol. The zero-order valence-electron chi connectivity index (χ0n) is 20.5. The zero-order chi connectivity index (χ0) is 25.6. The molecule has 3 rings (SSSR count). The van der Waals surface area contributed by atoms with Gasteiger partial charge in [0, 0.05) is 11.8 Å². The van der Waals surface area contributed by atoms with E-state index in [1.165, 1.54) is 0 Å². The van der Waals surface area contributed by atoms with Gasteiger partial charge in [-0.05, 0) is 92.8 Å². The molecule has 1 heterocycles. The van der Waals surface area contributed by atoms with Crippen LogP contribution in [-0.4, -0.2) is 30.1 Å². The zero-order valence-corrected chi connectivity index (χ0v) is 20.5. The number of aromatic nitrogens is 1. The Morgan fingerprint density at radius 2 is 1.53 bits per heavy atom. The lowest BCUT2D eigenvalue weighted by molar-refractivity contribution is -0.139. The maximum atomic E-state index is 12.5. The van der Waals surface area contributed by atoms with Gasteiger partial charge in [0.1, 0.15) is 11.5 Å². The molecule has 0 unspecified atom stereocenters. The lowest BCUT2D eigenvalue weighted by Gasteiger charge is -2.08. The molecule has 3 aromatic rings. The molecule has 0 spiro atoms. The summed E-state index contributed by atoms with van der Waals surface area (Å²) < 4.78 is 16.3. The first-order valence-corrected chi connectivity index (χ1v) is 12.0. The fourth-order valence-electron chi connectivity index (χ4n) is 3.19. The largest absolute Gasteiger partial charge is 0.494 e. The van der Waals surface area contributed by atoms with Crippen LogP contribution in [0.4, 0.5) is 0 Å². The molecule has 2 aromatic carbocycles. The van der Waals surface area contributed by atoms with Crippen LogP contribution in [0.5, 0.6) is 11.5 Å². The Balaban J connectivity index is 1.35. The van der Waals surface area contributed by atoms with Crippen LogP contribution in [0.3, 0.4) is 0 Å². The highest BCUT2D eigenvalue weighted by Gasteiger charge is 2.09. The number of carbonyl (C=O) groups is 2. The molecule has 186 valence electrons. The molecule has 6 heteroatoms. The molecule has 0 saturated heterocycles. The highest BCUT2D eigenvalue weighted by atomic mass is 16.5. The van der Waals surface area contributed by atoms with E-state index in [4.69, 9.17) is 14.2 Å². The summed E-state index contributed by atoms with van der Waals surface area (Å²) >= 11 is 0. The Bertz CT molecular complexity index is 1150. The first-order chi connectivity index (χ1) is 17.5. The molecule has 6 nitrogen and oxygen atoms in total. The normalized spacial score (nSPS) is 10.7. The van der Waals surface area contributed by atoms with Crippen molar-refractivity contribution in [1.29, 1.82) is 0 Å². The fraction of sp³-hybridized carbons (Fsp3) is 0.233. The van der Waals surface area contributed by atoms with Crippen molar-refractivity contribution in [3.63, 3.8) is 0 Å². The minimum absolute atomic E-state index is 0.339. The molecule has 0 amide bonds. The van der Waals surface area contributed by atoms with Gasteiger partial charge in [-0.2, -0.15) is 0 Å². The summed E-state index contributed by atoms with van der Waals surface area (Å²) in [6.07, 6.45) is 9.28. The number of unbranched alkanes of at least 4 members (excludes halogenated alkanes) is 3. The van der Waals surface area contributed by atoms with E-state index in [9.17, 15) is 9.59 Å². The molecule has 0 aliphatic rings. The molecule has 0 saturated carbocycles. The predicted octanol–water partition coefficient (Wildman–Crippen LogP) is 6.53. The van der Waals surface area contributed by atoms with E-state index in [-0.39, 0.29) is 5.97 Å². The van der Waals surface area contributed by atoms with Gasteiger partial charge in [0.2, 0.25) is 0 Å². The minimum atomic E-state index is -0.425. The Kier molecular flexibility index (Phi) is 10.5. The topological polar surface area (TPSA) is 74.7 Å². The smallest absolute Gasteiger partial charge is 0.343 e. The van der Waals surface area contributed by atoms with Crippen LogP contribution in [0, 0.1) is 0 Å². The highest BCUT2D eigenvalue weighted by Crippen LogP contribution is 2.18. The summed E-state index contributed by atoms with van der Waals surface area (Å²) in [5.41, 5.74) is 2.72. The quantitative estimate of drug-likeness (QED) is 0.119. The Hall–Kier alpha value is -4.19. The van der Waals surface area contributed by atoms with E-state index in [1.54, 1.807) is 49.5 Å². The third-order valence-electron chi connectivity index (χ3n) is 5.20. The molecule has 0 radical (unpaired) electrons. The number of hydrogen-bond acceptors (Lipinski definition) is 6. The van der Waals surface area contributed by atoms with Crippen molar-refractivity contribution in [3.8, 4) is 11.5 Å². The lowest BCUT2D eigenvalue weighted by Crippen LogP contribution is -2.08. The van der Waals surface area contributed by atoms with Gasteiger partial charge in [-0.15, -0.1) is 0 Å². The molecule has 0 aliphatic heterocycles. The van der Waals surface area contributed by atoms with Gasteiger partial charge < -0.3 is 14.2 Å². The molecule has 1 aromatic heterocycles. The monoisotopic (exact) mass is 485 g/mol. The van der Waals surface area contributed by atoms with E-state index in [1.807, 2.05) is 42.5 Å². The molecule has 0 bridgehead atoms. The average molecular weight is 486 g/mol. The van der Waals surface area contributed by atoms with Gasteiger partial charge in [-0.3, -0.25) is 4.98 Å². The van der Waals surface area contributed by atoms with Gasteiger partial charge in [-0.1, -0.05) is 30.9 Å². The Labute approximate surface area is 212 Å². The second-order valence-electron chi connectivity index (χ2n) is 8.25. The summed E-state index contributed by atoms with van der Waals surface area (Å²) in [6.45, 7) is 6.18. The van der Waals surface area contributed by atoms with Crippen LogP contribution >= 0.6 is 0 Å². The third-order valence-corrected chi connectivity index (χ3v) is 5.20. The number of esters is 2. The summed E-state index contributed by atoms with van der Waals surface area (Å²) in [4.78, 5) is 28.0. The molecule has 0 fully saturated rings. The lowest BCUT2D eigenvalue weighted by atomic mass is 10.2. The van der Waals surface area contributed by atoms with Gasteiger partial charge in [0.05, 0.1) is 24.5 Å². The van der Waals surface area contributed by atoms with Crippen molar-refractivity contribution < 1.29 is 23.8 Å². The van der Waals surface area contributed by atoms with E-state index in [0.717, 1.165) is 36.9 Å². The van der Waals surface area contributed by atoms with Crippen LogP contribution in [-0.2, 0) is 9.53 Å². The van der Waals surface area contributed by atoms with Gasteiger partial charge in [-0.25, -0.2) is 9.59 Å². The SMILES string of the molecule is C=C(C)C(=O)OCCCCCCOc1ccc(C(=O)Oc2ccc(/C=C/c3ccccn3)cc2)cc1. The highest BCUT2D eigenvalue weighted by molar-refractivity contribution is 5.91. The van der Waals surface area contributed by atoms with Crippen molar-refractivity contribution in [2.75, 3.05) is 13.2 Å². The number of ether oxygens (including phenoxy) is 3. The van der Waals surface area contributed by atoms with Crippen LogP contribution < -0.4 is 9.47 Å². The maximum Gasteiger partial charge on any atom is 0.343 e. The first-order valence-electron chi connectivity index (χ1n) is 12.0. The van der Waals surface area contributed by atoms with Gasteiger partial charge in [0.15, 0.2) is 0 Å². The number of carbonyl (C=O) groups excluding carboxylic acids is 2. The van der Waals surface area contributed by atoms with Crippen molar-refractivity contribution in [1.82, 2.24) is 4.98 Å². The molecule has 0 aliphatic carbocycles. The number of rotatable bonds is 13. The van der Waals surface area contributed by atoms with Crippen molar-refractivity contribution >= 4 is 24.1 Å². The van der Waals surface area contributed by atoms with Crippen LogP contribution in [0.15, 0.2) is 85.1 Å². The van der Waals surface area contributed by atoms with E-state index < -0.39 is 5.97 Å². The first kappa shape index (κ1) is 26.4. The van der Waals surface area contributed by atoms with E-state index in [2.05, 4.69) is 11.6 Å². The second-order valence-corrected chi connectivity index (χ2v) is 8.25. The van der Waals surface area contributed by atoms with Crippen molar-refractivity contribution in [3.05, 3.63) is 102 Å². The summed E-state index contributed by atoms with van der Waals surface area (Å²) in [5, 5.41) is 0. The Morgan fingerprint density at radius 3 is 2.19 bits per heavy atom. The third kappa shape index (κ3) is 9.22. The molecule has 0 atom stereocenters. The summed E-state index contributed by atoms with van der Waals surface area (Å²) in [5.74, 6) is 0.412. The molecule has 36 heavy (non-hydrogen) atoms. The molecular formula is C30H31NO5. The van der Waals surface area contributed by atoms with Crippen molar-refractivity contribution in [2.45, 2.75) is 32.6 Å². The number of benzene rings is 2. The Morgan fingerprint density at radius 1 is 0.833 bits per heavy atom. The van der Waals surface area contributed by atoms with Gasteiger partial charge in [0.25, 0.3) is 0 Å². The van der Waals surface area contributed by atoms with Crippen LogP contribution in [0.2, 0.25) is 0 Å². The van der Waals surface area contributed by atoms with E-state index >= 15 is 0 Å². The maximum absolute atomic E-state index is 12.5. The standard InChI is InChI=1S/C30H31NO5/c1-23(2)29(32)35-22-8-4-3-7-21-34-27-18-13-25(14-19-27)30(33)36-28-16-11-24(12-17-28)10-15-26-9-5-6-20-31-26/h5-6,9-20H,1,3-4,7-8,21-22H2,2H3/b15-10+. The second kappa shape index (κ2) is 14.3. The fourth-order valence-corrected chi connectivity index (χ4v) is 3.19. The predicted molar refractivity (Wildman–Crippen MR) is 141 cm³/mol. The van der Waals surface area contributed by atoms with Crippen molar-refractivity contribution in [2.24, 2.45) is 0 Å². The number of hydrogen-bond donors (Lipinski definition) is 0. The summed E-state index contributed by atoms with van der Waals surface area (Å²) in [7, 11) is 0. The minimum Gasteiger partial charge on any atom is -0.494 e. The summed E-state index contributed by atoms with van der Waals surface area (Å²) in [6, 6.07) is 19.9. The van der Waals surface area contributed by atoms with Gasteiger partial charge >= 0.3 is 11.9 Å². The average Bonchev–Trinajstić information content (AvgIpc) is 2.90. The number of pyridine rings is 1. The molecule has 0 N–H and O–H groups in total. The van der Waals surface area contributed by atoms with E-state index in [0.29, 0.717) is 35.8 Å². The number of nitrogens with zero attached hydrogens (tertiary/aromatic N) is 1. The van der Waals surface area contributed by atoms with Crippen LogP contribution in [0.1, 0.15) is 54.2 Å². The van der Waals surface area contributed by atoms with Crippen LogP contribution in [0.25, 0.3) is 12.2 Å².